The van der Waals surface area contributed by atoms with Crippen molar-refractivity contribution in [1.82, 2.24) is 0 Å². The lowest BCUT2D eigenvalue weighted by atomic mass is 10.1. The molecule has 0 bridgehead atoms. The van der Waals surface area contributed by atoms with E-state index in [0.29, 0.717) is 6.61 Å². The molecule has 1 aromatic rings. The number of nitrogens with zero attached hydrogens (tertiary/aromatic N) is 1. The predicted molar refractivity (Wildman–Crippen MR) is 68.0 cm³/mol. The van der Waals surface area contributed by atoms with Gasteiger partial charge in [-0.1, -0.05) is 18.2 Å². The van der Waals surface area contributed by atoms with Gasteiger partial charge in [0, 0.05) is 5.92 Å². The Bertz CT molecular complexity index is 542. The molecule has 0 unspecified atom stereocenters. The summed E-state index contributed by atoms with van der Waals surface area (Å²) in [6, 6.07) is 7.47. The van der Waals surface area contributed by atoms with Crippen molar-refractivity contribution < 1.29 is 19.1 Å². The minimum atomic E-state index is -0.424. The Kier molecular flexibility index (Phi) is 2.69. The number of methoxy groups -OCH3 is 1. The van der Waals surface area contributed by atoms with Gasteiger partial charge in [0.25, 0.3) is 0 Å². The van der Waals surface area contributed by atoms with Crippen LogP contribution in [0.2, 0.25) is 0 Å². The van der Waals surface area contributed by atoms with Crippen LogP contribution in [0, 0.1) is 5.92 Å². The van der Waals surface area contributed by atoms with E-state index in [1.165, 1.54) is 7.11 Å². The van der Waals surface area contributed by atoms with Crippen LogP contribution in [0.3, 0.4) is 0 Å². The number of rotatable bonds is 2. The fraction of sp³-hybridized carbons (Fsp3) is 0.429. The first-order chi connectivity index (χ1) is 9.20. The van der Waals surface area contributed by atoms with Crippen LogP contribution in [0.5, 0.6) is 0 Å². The monoisotopic (exact) mass is 261 g/mol. The maximum atomic E-state index is 11.9. The molecule has 0 saturated heterocycles. The number of esters is 1. The lowest BCUT2D eigenvalue weighted by Gasteiger charge is -2.20. The Hall–Kier alpha value is -2.04. The van der Waals surface area contributed by atoms with Crippen molar-refractivity contribution in [2.24, 2.45) is 5.92 Å². The van der Waals surface area contributed by atoms with Gasteiger partial charge in [-0.15, -0.1) is 0 Å². The summed E-state index contributed by atoms with van der Waals surface area (Å²) in [5, 5.41) is 0. The van der Waals surface area contributed by atoms with Gasteiger partial charge in [0.05, 0.1) is 31.4 Å². The Morgan fingerprint density at radius 3 is 2.74 bits per heavy atom. The van der Waals surface area contributed by atoms with Crippen molar-refractivity contribution in [3.8, 4) is 0 Å². The molecule has 100 valence electrons. The van der Waals surface area contributed by atoms with Gasteiger partial charge in [0.15, 0.2) is 0 Å². The number of hydrogen-bond donors (Lipinski definition) is 0. The van der Waals surface area contributed by atoms with Crippen LogP contribution >= 0.6 is 0 Å². The SMILES string of the molecule is CCOC(=O)[C@@H]1[C@H]2c3ccccc3N(C(=O)OC)[C@@H]12. The van der Waals surface area contributed by atoms with Crippen LogP contribution < -0.4 is 4.90 Å². The van der Waals surface area contributed by atoms with Gasteiger partial charge in [0.2, 0.25) is 0 Å². The topological polar surface area (TPSA) is 55.8 Å². The molecule has 1 saturated carbocycles. The molecule has 1 aromatic carbocycles. The van der Waals surface area contributed by atoms with E-state index in [0.717, 1.165) is 11.3 Å². The summed E-state index contributed by atoms with van der Waals surface area (Å²) in [6.45, 7) is 2.14. The van der Waals surface area contributed by atoms with Crippen molar-refractivity contribution in [3.63, 3.8) is 0 Å². The fourth-order valence-electron chi connectivity index (χ4n) is 2.99. The van der Waals surface area contributed by atoms with Crippen LogP contribution in [-0.4, -0.2) is 31.8 Å². The number of benzene rings is 1. The quantitative estimate of drug-likeness (QED) is 0.763. The van der Waals surface area contributed by atoms with Crippen LogP contribution in [0.1, 0.15) is 18.4 Å². The average molecular weight is 261 g/mol. The molecular weight excluding hydrogens is 246 g/mol. The van der Waals surface area contributed by atoms with Gasteiger partial charge in [-0.2, -0.15) is 0 Å². The number of fused-ring (bicyclic) bond motifs is 3. The van der Waals surface area contributed by atoms with Crippen molar-refractivity contribution in [2.75, 3.05) is 18.6 Å². The van der Waals surface area contributed by atoms with E-state index in [2.05, 4.69) is 0 Å². The summed E-state index contributed by atoms with van der Waals surface area (Å²) < 4.78 is 9.87. The minimum absolute atomic E-state index is 0.0503. The van der Waals surface area contributed by atoms with Crippen molar-refractivity contribution in [2.45, 2.75) is 18.9 Å². The first kappa shape index (κ1) is 12.0. The summed E-state index contributed by atoms with van der Waals surface area (Å²) in [5.41, 5.74) is 1.86. The van der Waals surface area contributed by atoms with Crippen LogP contribution in [-0.2, 0) is 14.3 Å². The Labute approximate surface area is 111 Å². The van der Waals surface area contributed by atoms with E-state index >= 15 is 0 Å². The third-order valence-corrected chi connectivity index (χ3v) is 3.77. The molecule has 0 radical (unpaired) electrons. The van der Waals surface area contributed by atoms with Crippen LogP contribution in [0.15, 0.2) is 24.3 Å². The summed E-state index contributed by atoms with van der Waals surface area (Å²) in [7, 11) is 1.35. The molecule has 3 atom stereocenters. The molecule has 5 heteroatoms. The summed E-state index contributed by atoms with van der Waals surface area (Å²) in [6.07, 6.45) is -0.424. The molecule has 1 heterocycles. The average Bonchev–Trinajstić information content (AvgIpc) is 3.06. The zero-order chi connectivity index (χ0) is 13.6. The molecule has 0 spiro atoms. The van der Waals surface area contributed by atoms with Crippen molar-refractivity contribution >= 4 is 17.7 Å². The number of hydrogen-bond acceptors (Lipinski definition) is 4. The molecule has 0 N–H and O–H groups in total. The minimum Gasteiger partial charge on any atom is -0.466 e. The standard InChI is InChI=1S/C14H15NO4/c1-3-19-13(16)11-10-8-6-4-5-7-9(8)15(12(10)11)14(17)18-2/h4-7,10-12H,3H2,1-2H3/t10-,11-,12-/m1/s1. The van der Waals surface area contributed by atoms with Crippen LogP contribution in [0.4, 0.5) is 10.5 Å². The molecule has 1 aliphatic heterocycles. The summed E-state index contributed by atoms with van der Waals surface area (Å²) >= 11 is 0. The van der Waals surface area contributed by atoms with Gasteiger partial charge >= 0.3 is 12.1 Å². The first-order valence-electron chi connectivity index (χ1n) is 6.33. The van der Waals surface area contributed by atoms with Gasteiger partial charge < -0.3 is 9.47 Å². The van der Waals surface area contributed by atoms with E-state index in [1.807, 2.05) is 24.3 Å². The number of carbonyl (C=O) groups excluding carboxylic acids is 2. The van der Waals surface area contributed by atoms with E-state index in [-0.39, 0.29) is 23.8 Å². The van der Waals surface area contributed by atoms with Crippen molar-refractivity contribution in [3.05, 3.63) is 29.8 Å². The maximum absolute atomic E-state index is 11.9. The van der Waals surface area contributed by atoms with Gasteiger partial charge in [0.1, 0.15) is 0 Å². The zero-order valence-corrected chi connectivity index (χ0v) is 10.8. The molecule has 3 rings (SSSR count). The highest BCUT2D eigenvalue weighted by molar-refractivity contribution is 5.97. The summed E-state index contributed by atoms with van der Waals surface area (Å²) in [5.74, 6) is -0.441. The van der Waals surface area contributed by atoms with E-state index < -0.39 is 6.09 Å². The molecule has 2 aliphatic rings. The molecule has 1 amide bonds. The molecule has 1 fully saturated rings. The highest BCUT2D eigenvalue weighted by Crippen LogP contribution is 2.60. The highest BCUT2D eigenvalue weighted by Gasteiger charge is 2.66. The molecule has 0 aromatic heterocycles. The highest BCUT2D eigenvalue weighted by atomic mass is 16.5. The molecular formula is C14H15NO4. The number of ether oxygens (including phenoxy) is 2. The van der Waals surface area contributed by atoms with Gasteiger partial charge in [-0.25, -0.2) is 4.79 Å². The Morgan fingerprint density at radius 1 is 1.32 bits per heavy atom. The number of para-hydroxylation sites is 1. The largest absolute Gasteiger partial charge is 0.466 e. The Morgan fingerprint density at radius 2 is 2.05 bits per heavy atom. The second-order valence-corrected chi connectivity index (χ2v) is 4.69. The molecule has 19 heavy (non-hydrogen) atoms. The first-order valence-corrected chi connectivity index (χ1v) is 6.33. The third kappa shape index (κ3) is 1.61. The molecule has 1 aliphatic carbocycles. The predicted octanol–water partition coefficient (Wildman–Crippen LogP) is 1.92. The fourth-order valence-corrected chi connectivity index (χ4v) is 2.99. The third-order valence-electron chi connectivity index (χ3n) is 3.77. The van der Waals surface area contributed by atoms with Crippen LogP contribution in [0.25, 0.3) is 0 Å². The number of amides is 1. The van der Waals surface area contributed by atoms with Crippen molar-refractivity contribution in [1.29, 1.82) is 0 Å². The van der Waals surface area contributed by atoms with E-state index in [4.69, 9.17) is 9.47 Å². The number of carbonyl (C=O) groups is 2. The normalized spacial score (nSPS) is 26.4. The molecule has 5 nitrogen and oxygen atoms in total. The lowest BCUT2D eigenvalue weighted by molar-refractivity contribution is -0.144. The van der Waals surface area contributed by atoms with E-state index in [1.54, 1.807) is 11.8 Å². The second-order valence-electron chi connectivity index (χ2n) is 4.69. The smallest absolute Gasteiger partial charge is 0.414 e. The van der Waals surface area contributed by atoms with Gasteiger partial charge in [-0.3, -0.25) is 9.69 Å². The zero-order valence-electron chi connectivity index (χ0n) is 10.8. The second kappa shape index (κ2) is 4.26. The lowest BCUT2D eigenvalue weighted by Crippen LogP contribution is -2.34. The van der Waals surface area contributed by atoms with E-state index in [9.17, 15) is 9.59 Å². The van der Waals surface area contributed by atoms with Gasteiger partial charge in [-0.05, 0) is 18.6 Å². The summed E-state index contributed by atoms with van der Waals surface area (Å²) in [4.78, 5) is 25.3. The number of anilines is 1. The Balaban J connectivity index is 1.94. The maximum Gasteiger partial charge on any atom is 0.414 e.